The summed E-state index contributed by atoms with van der Waals surface area (Å²) in [6.45, 7) is 3.72. The predicted octanol–water partition coefficient (Wildman–Crippen LogP) is 7.39. The van der Waals surface area contributed by atoms with Crippen molar-refractivity contribution in [2.45, 2.75) is 224 Å². The molecule has 1 saturated heterocycles. The van der Waals surface area contributed by atoms with E-state index < -0.39 is 49.5 Å². The van der Waals surface area contributed by atoms with Crippen LogP contribution in [0.1, 0.15) is 181 Å². The third-order valence-corrected chi connectivity index (χ3v) is 9.86. The Labute approximate surface area is 299 Å². The molecular weight excluding hydrogens is 622 g/mol. The first kappa shape index (κ1) is 46.0. The molecule has 49 heavy (non-hydrogen) atoms. The Morgan fingerprint density at radius 2 is 1.12 bits per heavy atom. The maximum atomic E-state index is 12.9. The molecule has 7 unspecified atom stereocenters. The number of unbranched alkanes of at least 4 members (excludes halogenated alkanes) is 23. The van der Waals surface area contributed by atoms with E-state index >= 15 is 0 Å². The van der Waals surface area contributed by atoms with Crippen LogP contribution in [0.15, 0.2) is 12.2 Å². The van der Waals surface area contributed by atoms with Crippen molar-refractivity contribution in [3.63, 3.8) is 0 Å². The third kappa shape index (κ3) is 23.2. The van der Waals surface area contributed by atoms with Crippen molar-refractivity contribution in [3.8, 4) is 0 Å². The number of hydrogen-bond acceptors (Lipinski definition) is 8. The van der Waals surface area contributed by atoms with Gasteiger partial charge in [0.25, 0.3) is 0 Å². The average molecular weight is 700 g/mol. The van der Waals surface area contributed by atoms with Crippen LogP contribution in [0.3, 0.4) is 0 Å². The van der Waals surface area contributed by atoms with Crippen LogP contribution in [0, 0.1) is 0 Å². The number of ether oxygens (including phenoxy) is 2. The minimum absolute atomic E-state index is 0.178. The lowest BCUT2D eigenvalue weighted by atomic mass is 9.99. The summed E-state index contributed by atoms with van der Waals surface area (Å²) >= 11 is 0. The van der Waals surface area contributed by atoms with Gasteiger partial charge in [-0.2, -0.15) is 0 Å². The van der Waals surface area contributed by atoms with Gasteiger partial charge < -0.3 is 40.3 Å². The molecule has 1 aliphatic heterocycles. The number of allylic oxidation sites excluding steroid dienone is 1. The van der Waals surface area contributed by atoms with Crippen molar-refractivity contribution in [2.24, 2.45) is 0 Å². The molecule has 0 bridgehead atoms. The zero-order valence-corrected chi connectivity index (χ0v) is 31.5. The second kappa shape index (κ2) is 31.6. The molecule has 6 N–H and O–H groups in total. The van der Waals surface area contributed by atoms with Crippen LogP contribution in [0.5, 0.6) is 0 Å². The Balaban J connectivity index is 2.32. The zero-order valence-electron chi connectivity index (χ0n) is 31.5. The normalized spacial score (nSPS) is 22.5. The number of aliphatic hydroxyl groups is 5. The van der Waals surface area contributed by atoms with E-state index in [0.717, 1.165) is 38.5 Å². The van der Waals surface area contributed by atoms with Crippen molar-refractivity contribution in [2.75, 3.05) is 13.2 Å². The summed E-state index contributed by atoms with van der Waals surface area (Å²) in [5, 5.41) is 53.8. The highest BCUT2D eigenvalue weighted by Gasteiger charge is 2.44. The van der Waals surface area contributed by atoms with E-state index in [1.807, 2.05) is 6.08 Å². The lowest BCUT2D eigenvalue weighted by Gasteiger charge is -2.40. The third-order valence-electron chi connectivity index (χ3n) is 9.86. The quantitative estimate of drug-likeness (QED) is 0.0307. The minimum atomic E-state index is -1.56. The van der Waals surface area contributed by atoms with Gasteiger partial charge in [-0.05, 0) is 19.3 Å². The van der Waals surface area contributed by atoms with Gasteiger partial charge in [-0.15, -0.1) is 0 Å². The number of aliphatic hydroxyl groups excluding tert-OH is 5. The number of hydrogen-bond donors (Lipinski definition) is 6. The fraction of sp³-hybridized carbons (Fsp3) is 0.925. The molecule has 0 aromatic heterocycles. The van der Waals surface area contributed by atoms with Gasteiger partial charge in [0.05, 0.1) is 25.4 Å². The van der Waals surface area contributed by atoms with Crippen LogP contribution in [0.25, 0.3) is 0 Å². The summed E-state index contributed by atoms with van der Waals surface area (Å²) in [5.41, 5.74) is 0. The summed E-state index contributed by atoms with van der Waals surface area (Å²) in [6.07, 6.45) is 27.0. The van der Waals surface area contributed by atoms with Gasteiger partial charge in [-0.1, -0.05) is 167 Å². The standard InChI is InChI=1S/C40H77NO8/c1-3-5-7-9-11-13-14-15-16-17-18-19-20-21-22-24-26-28-30-36(44)41-33(34(43)29-27-25-23-12-10-8-6-4-2)32-48-40-39(47)38(46)37(45)35(31-42)49-40/h27,29,33-35,37-40,42-43,45-47H,3-26,28,30-32H2,1-2H3,(H,41,44)/b29-27+. The number of nitrogens with one attached hydrogen (secondary N) is 1. The lowest BCUT2D eigenvalue weighted by molar-refractivity contribution is -0.302. The molecule has 0 spiro atoms. The summed E-state index contributed by atoms with van der Waals surface area (Å²) in [7, 11) is 0. The Morgan fingerprint density at radius 3 is 1.59 bits per heavy atom. The molecule has 0 aromatic rings. The summed E-state index contributed by atoms with van der Waals surface area (Å²) in [5.74, 6) is -0.178. The van der Waals surface area contributed by atoms with Gasteiger partial charge in [0.15, 0.2) is 6.29 Å². The van der Waals surface area contributed by atoms with Crippen molar-refractivity contribution in [3.05, 3.63) is 12.2 Å². The first-order valence-corrected chi connectivity index (χ1v) is 20.4. The molecule has 1 fully saturated rings. The van der Waals surface area contributed by atoms with Crippen molar-refractivity contribution in [1.29, 1.82) is 0 Å². The molecule has 1 amide bonds. The molecule has 0 aromatic carbocycles. The summed E-state index contributed by atoms with van der Waals surface area (Å²) < 4.78 is 11.1. The van der Waals surface area contributed by atoms with Crippen LogP contribution in [0.4, 0.5) is 0 Å². The van der Waals surface area contributed by atoms with Crippen molar-refractivity contribution >= 4 is 5.91 Å². The van der Waals surface area contributed by atoms with Crippen LogP contribution >= 0.6 is 0 Å². The van der Waals surface area contributed by atoms with E-state index in [4.69, 9.17) is 9.47 Å². The molecule has 290 valence electrons. The molecule has 7 atom stereocenters. The topological polar surface area (TPSA) is 149 Å². The molecule has 1 heterocycles. The maximum absolute atomic E-state index is 12.9. The van der Waals surface area contributed by atoms with Gasteiger partial charge in [0.2, 0.25) is 5.91 Å². The van der Waals surface area contributed by atoms with E-state index in [2.05, 4.69) is 19.2 Å². The molecule has 0 saturated carbocycles. The average Bonchev–Trinajstić information content (AvgIpc) is 3.10. The van der Waals surface area contributed by atoms with E-state index in [1.165, 1.54) is 122 Å². The Kier molecular flexibility index (Phi) is 29.7. The molecule has 1 rings (SSSR count). The molecule has 1 aliphatic rings. The van der Waals surface area contributed by atoms with Gasteiger partial charge in [0, 0.05) is 6.42 Å². The predicted molar refractivity (Wildman–Crippen MR) is 198 cm³/mol. The fourth-order valence-corrected chi connectivity index (χ4v) is 6.51. The largest absolute Gasteiger partial charge is 0.394 e. The highest BCUT2D eigenvalue weighted by atomic mass is 16.7. The summed E-state index contributed by atoms with van der Waals surface area (Å²) in [4.78, 5) is 12.9. The van der Waals surface area contributed by atoms with E-state index in [1.54, 1.807) is 6.08 Å². The van der Waals surface area contributed by atoms with Gasteiger partial charge in [-0.3, -0.25) is 4.79 Å². The minimum Gasteiger partial charge on any atom is -0.394 e. The number of rotatable bonds is 33. The molecule has 0 aliphatic carbocycles. The smallest absolute Gasteiger partial charge is 0.220 e. The highest BCUT2D eigenvalue weighted by Crippen LogP contribution is 2.22. The second-order valence-corrected chi connectivity index (χ2v) is 14.4. The maximum Gasteiger partial charge on any atom is 0.220 e. The van der Waals surface area contributed by atoms with Crippen molar-refractivity contribution < 1.29 is 39.8 Å². The van der Waals surface area contributed by atoms with Crippen LogP contribution in [-0.2, 0) is 14.3 Å². The van der Waals surface area contributed by atoms with E-state index in [0.29, 0.717) is 6.42 Å². The molecule has 9 heteroatoms. The number of amides is 1. The van der Waals surface area contributed by atoms with Crippen molar-refractivity contribution in [1.82, 2.24) is 5.32 Å². The fourth-order valence-electron chi connectivity index (χ4n) is 6.51. The van der Waals surface area contributed by atoms with Gasteiger partial charge >= 0.3 is 0 Å². The SMILES string of the molecule is CCCCCCCC/C=C/C(O)C(COC1OC(CO)C(O)C(O)C1O)NC(=O)CCCCCCCCCCCCCCCCCCCC. The molecule has 9 nitrogen and oxygen atoms in total. The van der Waals surface area contributed by atoms with E-state index in [9.17, 15) is 30.3 Å². The highest BCUT2D eigenvalue weighted by molar-refractivity contribution is 5.76. The Bertz CT molecular complexity index is 781. The number of carbonyl (C=O) groups is 1. The lowest BCUT2D eigenvalue weighted by Crippen LogP contribution is -2.60. The van der Waals surface area contributed by atoms with Crippen LogP contribution < -0.4 is 5.32 Å². The first-order valence-electron chi connectivity index (χ1n) is 20.4. The molecular formula is C40H77NO8. The first-order chi connectivity index (χ1) is 23.8. The van der Waals surface area contributed by atoms with Gasteiger partial charge in [-0.25, -0.2) is 0 Å². The zero-order chi connectivity index (χ0) is 36.0. The second-order valence-electron chi connectivity index (χ2n) is 14.4. The van der Waals surface area contributed by atoms with E-state index in [-0.39, 0.29) is 12.5 Å². The Morgan fingerprint density at radius 1 is 0.673 bits per heavy atom. The van der Waals surface area contributed by atoms with Gasteiger partial charge in [0.1, 0.15) is 24.4 Å². The summed E-state index contributed by atoms with van der Waals surface area (Å²) in [6, 6.07) is -0.795. The molecule has 0 radical (unpaired) electrons. The Hall–Kier alpha value is -1.07. The number of carbonyl (C=O) groups excluding carboxylic acids is 1. The monoisotopic (exact) mass is 700 g/mol. The van der Waals surface area contributed by atoms with Crippen LogP contribution in [-0.4, -0.2) is 87.5 Å². The van der Waals surface area contributed by atoms with Crippen LogP contribution in [0.2, 0.25) is 0 Å².